The first-order valence-electron chi connectivity index (χ1n) is 17.9. The third kappa shape index (κ3) is 4.68. The summed E-state index contributed by atoms with van der Waals surface area (Å²) in [6.07, 6.45) is 0. The summed E-state index contributed by atoms with van der Waals surface area (Å²) in [7, 11) is 0. The topological polar surface area (TPSA) is 0 Å². The van der Waals surface area contributed by atoms with Crippen molar-refractivity contribution in [3.8, 4) is 55.6 Å². The molecule has 0 aliphatic heterocycles. The molecule has 0 fully saturated rings. The van der Waals surface area contributed by atoms with Crippen LogP contribution >= 0.6 is 0 Å². The molecule has 0 spiro atoms. The van der Waals surface area contributed by atoms with Gasteiger partial charge >= 0.3 is 0 Å². The van der Waals surface area contributed by atoms with Gasteiger partial charge in [-0.25, -0.2) is 0 Å². The normalized spacial score (nSPS) is 13.1. The van der Waals surface area contributed by atoms with E-state index in [1.54, 1.807) is 0 Å². The van der Waals surface area contributed by atoms with Crippen LogP contribution in [0.25, 0.3) is 88.0 Å². The molecular formula is C51H36. The van der Waals surface area contributed by atoms with Crippen molar-refractivity contribution in [2.45, 2.75) is 19.3 Å². The van der Waals surface area contributed by atoms with Gasteiger partial charge in [0, 0.05) is 5.41 Å². The van der Waals surface area contributed by atoms with Gasteiger partial charge in [-0.3, -0.25) is 0 Å². The van der Waals surface area contributed by atoms with E-state index in [1.807, 2.05) is 0 Å². The van der Waals surface area contributed by atoms with Crippen molar-refractivity contribution in [2.24, 2.45) is 0 Å². The minimum Gasteiger partial charge on any atom is -0.0622 e. The fraction of sp³-hybridized carbons (Fsp3) is 0.0588. The lowest BCUT2D eigenvalue weighted by Crippen LogP contribution is -2.14. The van der Waals surface area contributed by atoms with E-state index < -0.39 is 0 Å². The number of fused-ring (bicyclic) bond motifs is 6. The van der Waals surface area contributed by atoms with Crippen molar-refractivity contribution < 1.29 is 0 Å². The molecule has 0 heterocycles. The van der Waals surface area contributed by atoms with Crippen molar-refractivity contribution >= 4 is 32.3 Å². The second-order valence-electron chi connectivity index (χ2n) is 14.5. The van der Waals surface area contributed by atoms with E-state index in [4.69, 9.17) is 0 Å². The van der Waals surface area contributed by atoms with Crippen LogP contribution in [0.1, 0.15) is 25.0 Å². The summed E-state index contributed by atoms with van der Waals surface area (Å²) in [6, 6.07) is 67.5. The van der Waals surface area contributed by atoms with Crippen molar-refractivity contribution in [1.82, 2.24) is 0 Å². The minimum atomic E-state index is -0.0328. The summed E-state index contributed by atoms with van der Waals surface area (Å²) in [5.41, 5.74) is 15.4. The van der Waals surface area contributed by atoms with Crippen LogP contribution in [-0.4, -0.2) is 0 Å². The molecular weight excluding hydrogens is 613 g/mol. The Morgan fingerprint density at radius 1 is 0.294 bits per heavy atom. The molecule has 1 aliphatic carbocycles. The molecule has 51 heavy (non-hydrogen) atoms. The van der Waals surface area contributed by atoms with Crippen LogP contribution in [0, 0.1) is 0 Å². The van der Waals surface area contributed by atoms with Gasteiger partial charge in [0.1, 0.15) is 0 Å². The third-order valence-electron chi connectivity index (χ3n) is 11.2. The molecule has 0 saturated carbocycles. The maximum absolute atomic E-state index is 2.46. The first kappa shape index (κ1) is 29.7. The first-order valence-corrected chi connectivity index (χ1v) is 17.9. The monoisotopic (exact) mass is 648 g/mol. The van der Waals surface area contributed by atoms with Crippen LogP contribution in [0.3, 0.4) is 0 Å². The summed E-state index contributed by atoms with van der Waals surface area (Å²) in [6.45, 7) is 4.71. The zero-order chi connectivity index (χ0) is 34.1. The van der Waals surface area contributed by atoms with Crippen molar-refractivity contribution in [2.75, 3.05) is 0 Å². The highest BCUT2D eigenvalue weighted by Gasteiger charge is 2.35. The molecule has 0 bridgehead atoms. The largest absolute Gasteiger partial charge is 0.0622 e. The zero-order valence-corrected chi connectivity index (χ0v) is 28.8. The standard InChI is InChI=1S/C51H36/c1-51(2)47-22-11-10-19-41(47)45-32-40(26-28-48(45)51)50-43-21-9-8-20-42(43)49(44-27-25-38(31-46(44)50)33-13-4-3-5-14-33)39-18-12-17-36(30-39)37-24-23-34-15-6-7-16-35(34)29-37/h3-32H,1-2H3. The molecule has 0 atom stereocenters. The molecule has 1 aliphatic rings. The quantitative estimate of drug-likeness (QED) is 0.167. The Morgan fingerprint density at radius 3 is 1.69 bits per heavy atom. The Labute approximate surface area is 299 Å². The molecule has 0 heteroatoms. The van der Waals surface area contributed by atoms with E-state index >= 15 is 0 Å². The fourth-order valence-corrected chi connectivity index (χ4v) is 8.71. The van der Waals surface area contributed by atoms with Gasteiger partial charge in [0.25, 0.3) is 0 Å². The summed E-state index contributed by atoms with van der Waals surface area (Å²) in [4.78, 5) is 0. The molecule has 0 unspecified atom stereocenters. The summed E-state index contributed by atoms with van der Waals surface area (Å²) < 4.78 is 0. The molecule has 0 radical (unpaired) electrons. The van der Waals surface area contributed by atoms with Gasteiger partial charge in [0.15, 0.2) is 0 Å². The first-order chi connectivity index (χ1) is 25.0. The number of hydrogen-bond donors (Lipinski definition) is 0. The van der Waals surface area contributed by atoms with E-state index in [0.717, 1.165) is 0 Å². The Morgan fingerprint density at radius 2 is 0.843 bits per heavy atom. The Hall–Kier alpha value is -6.24. The predicted molar refractivity (Wildman–Crippen MR) is 218 cm³/mol. The van der Waals surface area contributed by atoms with Gasteiger partial charge in [0.05, 0.1) is 0 Å². The molecule has 9 aromatic rings. The molecule has 10 rings (SSSR count). The highest BCUT2D eigenvalue weighted by Crippen LogP contribution is 2.51. The Kier molecular flexibility index (Phi) is 6.63. The molecule has 0 nitrogen and oxygen atoms in total. The fourth-order valence-electron chi connectivity index (χ4n) is 8.71. The molecule has 0 saturated heterocycles. The summed E-state index contributed by atoms with van der Waals surface area (Å²) >= 11 is 0. The number of benzene rings is 9. The van der Waals surface area contributed by atoms with E-state index in [9.17, 15) is 0 Å². The van der Waals surface area contributed by atoms with Crippen molar-refractivity contribution in [3.63, 3.8) is 0 Å². The summed E-state index contributed by atoms with van der Waals surface area (Å²) in [5, 5.41) is 7.59. The molecule has 0 aromatic heterocycles. The smallest absolute Gasteiger partial charge is 0.0158 e. The van der Waals surface area contributed by atoms with Crippen LogP contribution in [0.2, 0.25) is 0 Å². The lowest BCUT2D eigenvalue weighted by Gasteiger charge is -2.22. The lowest BCUT2D eigenvalue weighted by atomic mass is 9.81. The minimum absolute atomic E-state index is 0.0328. The zero-order valence-electron chi connectivity index (χ0n) is 28.8. The van der Waals surface area contributed by atoms with Gasteiger partial charge in [0.2, 0.25) is 0 Å². The lowest BCUT2D eigenvalue weighted by molar-refractivity contribution is 0.660. The van der Waals surface area contributed by atoms with Crippen molar-refractivity contribution in [3.05, 3.63) is 193 Å². The van der Waals surface area contributed by atoms with Crippen LogP contribution in [-0.2, 0) is 5.41 Å². The second kappa shape index (κ2) is 11.4. The predicted octanol–water partition coefficient (Wildman–Crippen LogP) is 14.1. The average Bonchev–Trinajstić information content (AvgIpc) is 3.42. The molecule has 0 amide bonds. The number of rotatable bonds is 4. The SMILES string of the molecule is CC1(C)c2ccccc2-c2cc(-c3c4ccccc4c(-c4cccc(-c5ccc6ccccc6c5)c4)c4ccc(-c5ccccc5)cc34)ccc21. The van der Waals surface area contributed by atoms with Crippen LogP contribution in [0.15, 0.2) is 182 Å². The maximum Gasteiger partial charge on any atom is 0.0158 e. The van der Waals surface area contributed by atoms with Gasteiger partial charge in [-0.2, -0.15) is 0 Å². The van der Waals surface area contributed by atoms with Crippen LogP contribution in [0.5, 0.6) is 0 Å². The van der Waals surface area contributed by atoms with Gasteiger partial charge in [-0.1, -0.05) is 172 Å². The van der Waals surface area contributed by atoms with Crippen LogP contribution in [0.4, 0.5) is 0 Å². The van der Waals surface area contributed by atoms with E-state index in [2.05, 4.69) is 196 Å². The molecule has 240 valence electrons. The van der Waals surface area contributed by atoms with Gasteiger partial charge < -0.3 is 0 Å². The molecule has 9 aromatic carbocycles. The van der Waals surface area contributed by atoms with Crippen molar-refractivity contribution in [1.29, 1.82) is 0 Å². The van der Waals surface area contributed by atoms with E-state index in [1.165, 1.54) is 99.1 Å². The van der Waals surface area contributed by atoms with Crippen LogP contribution < -0.4 is 0 Å². The number of hydrogen-bond acceptors (Lipinski definition) is 0. The van der Waals surface area contributed by atoms with E-state index in [0.29, 0.717) is 0 Å². The third-order valence-corrected chi connectivity index (χ3v) is 11.2. The highest BCUT2D eigenvalue weighted by molar-refractivity contribution is 6.22. The summed E-state index contributed by atoms with van der Waals surface area (Å²) in [5.74, 6) is 0. The highest BCUT2D eigenvalue weighted by atomic mass is 14.4. The average molecular weight is 649 g/mol. The van der Waals surface area contributed by atoms with Gasteiger partial charge in [-0.15, -0.1) is 0 Å². The Balaban J connectivity index is 1.25. The maximum atomic E-state index is 2.46. The van der Waals surface area contributed by atoms with E-state index in [-0.39, 0.29) is 5.41 Å². The Bertz CT molecular complexity index is 2820. The molecule has 0 N–H and O–H groups in total. The van der Waals surface area contributed by atoms with Gasteiger partial charge in [-0.05, 0) is 123 Å². The second-order valence-corrected chi connectivity index (χ2v) is 14.5.